The molecule has 2 atom stereocenters. The first-order chi connectivity index (χ1) is 15.1. The van der Waals surface area contributed by atoms with Gasteiger partial charge in [-0.15, -0.1) is 0 Å². The number of hydrogen-bond donors (Lipinski definition) is 1. The summed E-state index contributed by atoms with van der Waals surface area (Å²) in [6, 6.07) is 18.7. The molecule has 1 aromatic carbocycles. The zero-order chi connectivity index (χ0) is 21.4. The van der Waals surface area contributed by atoms with E-state index in [1.807, 2.05) is 18.3 Å². The van der Waals surface area contributed by atoms with Crippen LogP contribution in [0.4, 0.5) is 5.69 Å². The summed E-state index contributed by atoms with van der Waals surface area (Å²) >= 11 is 5.82. The number of rotatable bonds is 5. The molecular formula is C25H28N4OS. The Kier molecular flexibility index (Phi) is 5.40. The Morgan fingerprint density at radius 1 is 1.03 bits per heavy atom. The third-order valence-electron chi connectivity index (χ3n) is 6.53. The summed E-state index contributed by atoms with van der Waals surface area (Å²) in [5, 5.41) is 4.24. The van der Waals surface area contributed by atoms with Gasteiger partial charge in [0.1, 0.15) is 11.8 Å². The summed E-state index contributed by atoms with van der Waals surface area (Å²) < 4.78 is 8.40. The van der Waals surface area contributed by atoms with Crippen molar-refractivity contribution >= 4 is 23.0 Å². The van der Waals surface area contributed by atoms with Gasteiger partial charge in [0.05, 0.1) is 17.8 Å². The van der Waals surface area contributed by atoms with Crippen LogP contribution in [-0.4, -0.2) is 20.8 Å². The van der Waals surface area contributed by atoms with E-state index in [9.17, 15) is 0 Å². The predicted octanol–water partition coefficient (Wildman–Crippen LogP) is 5.23. The normalized spacial score (nSPS) is 21.5. The quantitative estimate of drug-likeness (QED) is 0.560. The zero-order valence-electron chi connectivity index (χ0n) is 18.0. The number of aromatic nitrogens is 2. The largest absolute Gasteiger partial charge is 0.490 e. The Morgan fingerprint density at radius 3 is 2.45 bits per heavy atom. The number of pyridine rings is 1. The first-order valence-electron chi connectivity index (χ1n) is 11.0. The molecule has 31 heavy (non-hydrogen) atoms. The summed E-state index contributed by atoms with van der Waals surface area (Å²) in [6.45, 7) is 2.12. The van der Waals surface area contributed by atoms with Crippen molar-refractivity contribution in [3.8, 4) is 5.75 Å². The molecular weight excluding hydrogens is 404 g/mol. The fourth-order valence-corrected chi connectivity index (χ4v) is 5.09. The molecule has 1 saturated carbocycles. The van der Waals surface area contributed by atoms with Crippen molar-refractivity contribution in [2.45, 2.75) is 50.8 Å². The summed E-state index contributed by atoms with van der Waals surface area (Å²) in [6.07, 6.45) is 7.04. The molecule has 2 aromatic heterocycles. The van der Waals surface area contributed by atoms with E-state index in [-0.39, 0.29) is 12.1 Å². The third kappa shape index (κ3) is 3.81. The minimum atomic E-state index is -0.0314. The summed E-state index contributed by atoms with van der Waals surface area (Å²) in [4.78, 5) is 6.84. The number of benzene rings is 1. The zero-order valence-corrected chi connectivity index (χ0v) is 18.8. The van der Waals surface area contributed by atoms with E-state index in [2.05, 4.69) is 76.2 Å². The molecule has 1 saturated heterocycles. The van der Waals surface area contributed by atoms with Crippen molar-refractivity contribution in [2.75, 3.05) is 4.90 Å². The first kappa shape index (κ1) is 20.1. The van der Waals surface area contributed by atoms with Gasteiger partial charge in [-0.1, -0.05) is 6.07 Å². The molecule has 5 rings (SSSR count). The Balaban J connectivity index is 1.49. The number of nitrogens with zero attached hydrogens (tertiary/aromatic N) is 3. The monoisotopic (exact) mass is 432 g/mol. The standard InChI is InChI=1S/C25H28N4OS/c1-17-10-15-22(28(17)2)24-23(21-9-5-6-16-26-21)27-25(31)29(24)18-11-13-20(14-12-18)30-19-7-3-4-8-19/h5-6,9-16,19,23-24H,3-4,7-8H2,1-2H3,(H,27,31). The van der Waals surface area contributed by atoms with Crippen LogP contribution in [0.1, 0.15) is 54.8 Å². The Bertz CT molecular complexity index is 1060. The van der Waals surface area contributed by atoms with Gasteiger partial charge in [0.2, 0.25) is 0 Å². The van der Waals surface area contributed by atoms with Gasteiger partial charge < -0.3 is 19.5 Å². The lowest BCUT2D eigenvalue weighted by atomic mass is 10.0. The van der Waals surface area contributed by atoms with Gasteiger partial charge in [-0.3, -0.25) is 4.98 Å². The van der Waals surface area contributed by atoms with Crippen molar-refractivity contribution in [2.24, 2.45) is 7.05 Å². The third-order valence-corrected chi connectivity index (χ3v) is 6.85. The molecule has 0 radical (unpaired) electrons. The second-order valence-electron chi connectivity index (χ2n) is 8.47. The maximum atomic E-state index is 6.16. The van der Waals surface area contributed by atoms with E-state index >= 15 is 0 Å². The number of nitrogens with one attached hydrogen (secondary N) is 1. The van der Waals surface area contributed by atoms with Crippen LogP contribution in [0.25, 0.3) is 0 Å². The number of thiocarbonyl (C=S) groups is 1. The van der Waals surface area contributed by atoms with E-state index in [1.54, 1.807) is 0 Å². The topological polar surface area (TPSA) is 42.3 Å². The SMILES string of the molecule is Cc1ccc(C2C(c3ccccn3)NC(=S)N2c2ccc(OC3CCCC3)cc2)n1C. The fraction of sp³-hybridized carbons (Fsp3) is 0.360. The predicted molar refractivity (Wildman–Crippen MR) is 127 cm³/mol. The fourth-order valence-electron chi connectivity index (χ4n) is 4.75. The molecule has 1 aliphatic heterocycles. The molecule has 1 aliphatic carbocycles. The highest BCUT2D eigenvalue weighted by Gasteiger charge is 2.42. The van der Waals surface area contributed by atoms with Crippen molar-refractivity contribution < 1.29 is 4.74 Å². The lowest BCUT2D eigenvalue weighted by molar-refractivity contribution is 0.210. The molecule has 1 N–H and O–H groups in total. The molecule has 0 bridgehead atoms. The number of hydrogen-bond acceptors (Lipinski definition) is 3. The van der Waals surface area contributed by atoms with Crippen LogP contribution in [0.3, 0.4) is 0 Å². The molecule has 6 heteroatoms. The van der Waals surface area contributed by atoms with Gasteiger partial charge >= 0.3 is 0 Å². The number of anilines is 1. The van der Waals surface area contributed by atoms with E-state index in [0.29, 0.717) is 11.2 Å². The molecule has 0 amide bonds. The van der Waals surface area contributed by atoms with Crippen molar-refractivity contribution in [3.05, 3.63) is 77.9 Å². The summed E-state index contributed by atoms with van der Waals surface area (Å²) in [5.41, 5.74) is 4.45. The average Bonchev–Trinajstić information content (AvgIpc) is 3.50. The minimum Gasteiger partial charge on any atom is -0.490 e. The van der Waals surface area contributed by atoms with Crippen molar-refractivity contribution in [3.63, 3.8) is 0 Å². The maximum absolute atomic E-state index is 6.16. The lowest BCUT2D eigenvalue weighted by Crippen LogP contribution is -2.30. The van der Waals surface area contributed by atoms with Crippen LogP contribution >= 0.6 is 12.2 Å². The highest BCUT2D eigenvalue weighted by Crippen LogP contribution is 2.42. The molecule has 3 heterocycles. The molecule has 2 aliphatic rings. The first-order valence-corrected chi connectivity index (χ1v) is 11.4. The molecule has 2 fully saturated rings. The van der Waals surface area contributed by atoms with Crippen LogP contribution in [0.2, 0.25) is 0 Å². The van der Waals surface area contributed by atoms with Crippen LogP contribution in [0.5, 0.6) is 5.75 Å². The molecule has 160 valence electrons. The van der Waals surface area contributed by atoms with Gasteiger partial charge in [-0.25, -0.2) is 0 Å². The van der Waals surface area contributed by atoms with Gasteiger partial charge in [0, 0.05) is 30.3 Å². The minimum absolute atomic E-state index is 0.00250. The van der Waals surface area contributed by atoms with E-state index in [1.165, 1.54) is 24.2 Å². The van der Waals surface area contributed by atoms with Crippen molar-refractivity contribution in [1.82, 2.24) is 14.9 Å². The second kappa shape index (κ2) is 8.35. The number of aryl methyl sites for hydroxylation is 1. The molecule has 5 nitrogen and oxygen atoms in total. The van der Waals surface area contributed by atoms with E-state index in [0.717, 1.165) is 30.0 Å². The van der Waals surface area contributed by atoms with Crippen LogP contribution in [-0.2, 0) is 7.05 Å². The molecule has 3 aromatic rings. The maximum Gasteiger partial charge on any atom is 0.174 e. The highest BCUT2D eigenvalue weighted by molar-refractivity contribution is 7.80. The van der Waals surface area contributed by atoms with E-state index in [4.69, 9.17) is 17.0 Å². The molecule has 2 unspecified atom stereocenters. The molecule has 0 spiro atoms. The van der Waals surface area contributed by atoms with Crippen LogP contribution in [0, 0.1) is 6.92 Å². The summed E-state index contributed by atoms with van der Waals surface area (Å²) in [5.74, 6) is 0.932. The van der Waals surface area contributed by atoms with Gasteiger partial charge in [0.15, 0.2) is 5.11 Å². The lowest BCUT2D eigenvalue weighted by Gasteiger charge is -2.28. The van der Waals surface area contributed by atoms with Gasteiger partial charge in [-0.2, -0.15) is 0 Å². The van der Waals surface area contributed by atoms with Crippen LogP contribution < -0.4 is 15.0 Å². The Labute approximate surface area is 189 Å². The Morgan fingerprint density at radius 2 is 1.81 bits per heavy atom. The number of ether oxygens (including phenoxy) is 1. The Hall–Kier alpha value is -2.86. The highest BCUT2D eigenvalue weighted by atomic mass is 32.1. The smallest absolute Gasteiger partial charge is 0.174 e. The van der Waals surface area contributed by atoms with Crippen molar-refractivity contribution in [1.29, 1.82) is 0 Å². The van der Waals surface area contributed by atoms with E-state index < -0.39 is 0 Å². The average molecular weight is 433 g/mol. The van der Waals surface area contributed by atoms with Gasteiger partial charge in [0.25, 0.3) is 0 Å². The second-order valence-corrected chi connectivity index (χ2v) is 8.86. The summed E-state index contributed by atoms with van der Waals surface area (Å²) in [7, 11) is 2.11. The van der Waals surface area contributed by atoms with Gasteiger partial charge in [-0.05, 0) is 93.4 Å². The van der Waals surface area contributed by atoms with Crippen LogP contribution in [0.15, 0.2) is 60.8 Å².